The van der Waals surface area contributed by atoms with E-state index in [-0.39, 0.29) is 23.4 Å². The number of hydrogen-bond acceptors (Lipinski definition) is 4. The molecule has 1 aromatic rings. The summed E-state index contributed by atoms with van der Waals surface area (Å²) in [5.74, 6) is -1.97. The van der Waals surface area contributed by atoms with Crippen LogP contribution in [-0.4, -0.2) is 85.0 Å². The molecule has 8 heteroatoms. The van der Waals surface area contributed by atoms with Gasteiger partial charge >= 0.3 is 0 Å². The van der Waals surface area contributed by atoms with E-state index >= 15 is 0 Å². The Labute approximate surface area is 163 Å². The SMILES string of the molecule is O=C(c1ccc(F)cc1F)N1CCC(C(=O)N2CCN3CCOCC3C2)CC1. The molecule has 4 rings (SSSR count). The number of nitrogens with zero attached hydrogens (tertiary/aromatic N) is 3. The number of benzene rings is 1. The summed E-state index contributed by atoms with van der Waals surface area (Å²) in [6.45, 7) is 5.45. The summed E-state index contributed by atoms with van der Waals surface area (Å²) in [4.78, 5) is 31.3. The van der Waals surface area contributed by atoms with Gasteiger partial charge in [-0.2, -0.15) is 0 Å². The van der Waals surface area contributed by atoms with Crippen LogP contribution in [0.25, 0.3) is 0 Å². The van der Waals surface area contributed by atoms with Crippen molar-refractivity contribution in [3.63, 3.8) is 0 Å². The van der Waals surface area contributed by atoms with Crippen molar-refractivity contribution in [1.82, 2.24) is 14.7 Å². The van der Waals surface area contributed by atoms with Gasteiger partial charge in [-0.15, -0.1) is 0 Å². The van der Waals surface area contributed by atoms with Gasteiger partial charge in [-0.1, -0.05) is 0 Å². The molecule has 3 heterocycles. The molecule has 2 amide bonds. The standard InChI is InChI=1S/C20H25F2N3O3/c21-15-1-2-17(18(22)11-15)20(27)24-5-3-14(4-6-24)19(26)25-8-7-23-9-10-28-13-16(23)12-25/h1-2,11,14,16H,3-10,12-13H2. The molecule has 0 radical (unpaired) electrons. The monoisotopic (exact) mass is 393 g/mol. The topological polar surface area (TPSA) is 53.1 Å². The van der Waals surface area contributed by atoms with Gasteiger partial charge < -0.3 is 14.5 Å². The summed E-state index contributed by atoms with van der Waals surface area (Å²) < 4.78 is 32.5. The molecule has 0 saturated carbocycles. The Balaban J connectivity index is 1.32. The van der Waals surface area contributed by atoms with Gasteiger partial charge in [-0.25, -0.2) is 8.78 Å². The van der Waals surface area contributed by atoms with Crippen LogP contribution in [0.4, 0.5) is 8.78 Å². The van der Waals surface area contributed by atoms with Crippen LogP contribution >= 0.6 is 0 Å². The first kappa shape index (κ1) is 19.3. The predicted octanol–water partition coefficient (Wildman–Crippen LogP) is 1.36. The van der Waals surface area contributed by atoms with Crippen LogP contribution in [0, 0.1) is 17.6 Å². The van der Waals surface area contributed by atoms with Crippen molar-refractivity contribution in [2.75, 3.05) is 52.5 Å². The predicted molar refractivity (Wildman–Crippen MR) is 97.7 cm³/mol. The summed E-state index contributed by atoms with van der Waals surface area (Å²) in [5, 5.41) is 0. The van der Waals surface area contributed by atoms with E-state index in [2.05, 4.69) is 4.90 Å². The zero-order valence-corrected chi connectivity index (χ0v) is 15.8. The Morgan fingerprint density at radius 2 is 1.79 bits per heavy atom. The zero-order valence-electron chi connectivity index (χ0n) is 15.8. The first-order valence-electron chi connectivity index (χ1n) is 9.88. The summed E-state index contributed by atoms with van der Waals surface area (Å²) in [6, 6.07) is 3.25. The number of hydrogen-bond donors (Lipinski definition) is 0. The molecular weight excluding hydrogens is 368 g/mol. The molecule has 3 fully saturated rings. The second-order valence-electron chi connectivity index (χ2n) is 7.74. The average molecular weight is 393 g/mol. The maximum Gasteiger partial charge on any atom is 0.256 e. The van der Waals surface area contributed by atoms with Crippen LogP contribution in [0.5, 0.6) is 0 Å². The third kappa shape index (κ3) is 3.89. The van der Waals surface area contributed by atoms with Gasteiger partial charge in [-0.05, 0) is 25.0 Å². The Morgan fingerprint density at radius 1 is 1.00 bits per heavy atom. The van der Waals surface area contributed by atoms with Crippen LogP contribution in [0.2, 0.25) is 0 Å². The lowest BCUT2D eigenvalue weighted by Crippen LogP contribution is -2.60. The van der Waals surface area contributed by atoms with Crippen molar-refractivity contribution in [3.8, 4) is 0 Å². The molecule has 3 saturated heterocycles. The number of likely N-dealkylation sites (tertiary alicyclic amines) is 1. The van der Waals surface area contributed by atoms with Crippen molar-refractivity contribution in [2.45, 2.75) is 18.9 Å². The highest BCUT2D eigenvalue weighted by Gasteiger charge is 2.36. The van der Waals surface area contributed by atoms with Crippen molar-refractivity contribution in [2.24, 2.45) is 5.92 Å². The van der Waals surface area contributed by atoms with Crippen LogP contribution in [0.1, 0.15) is 23.2 Å². The number of carbonyl (C=O) groups excluding carboxylic acids is 2. The Hall–Kier alpha value is -2.06. The number of amides is 2. The molecule has 0 aliphatic carbocycles. The van der Waals surface area contributed by atoms with Gasteiger partial charge in [0, 0.05) is 51.3 Å². The largest absolute Gasteiger partial charge is 0.378 e. The number of fused-ring (bicyclic) bond motifs is 1. The molecule has 1 unspecified atom stereocenters. The minimum atomic E-state index is -0.851. The number of piperazine rings is 1. The molecule has 28 heavy (non-hydrogen) atoms. The fraction of sp³-hybridized carbons (Fsp3) is 0.600. The minimum Gasteiger partial charge on any atom is -0.378 e. The van der Waals surface area contributed by atoms with E-state index in [1.807, 2.05) is 4.90 Å². The van der Waals surface area contributed by atoms with Crippen molar-refractivity contribution < 1.29 is 23.1 Å². The molecule has 1 atom stereocenters. The summed E-state index contributed by atoms with van der Waals surface area (Å²) in [7, 11) is 0. The molecule has 3 aliphatic rings. The fourth-order valence-electron chi connectivity index (χ4n) is 4.37. The Morgan fingerprint density at radius 3 is 2.54 bits per heavy atom. The van der Waals surface area contributed by atoms with Crippen LogP contribution in [0.3, 0.4) is 0 Å². The van der Waals surface area contributed by atoms with Gasteiger partial charge in [0.1, 0.15) is 11.6 Å². The van der Waals surface area contributed by atoms with Gasteiger partial charge in [0.25, 0.3) is 5.91 Å². The van der Waals surface area contributed by atoms with Crippen LogP contribution in [0.15, 0.2) is 18.2 Å². The number of rotatable bonds is 2. The first-order chi connectivity index (χ1) is 13.5. The van der Waals surface area contributed by atoms with Crippen LogP contribution in [-0.2, 0) is 9.53 Å². The van der Waals surface area contributed by atoms with Gasteiger partial charge in [-0.3, -0.25) is 14.5 Å². The molecule has 3 aliphatic heterocycles. The lowest BCUT2D eigenvalue weighted by Gasteiger charge is -2.45. The second kappa shape index (κ2) is 8.13. The molecule has 0 bridgehead atoms. The maximum atomic E-state index is 13.9. The third-order valence-corrected chi connectivity index (χ3v) is 6.04. The molecule has 1 aromatic carbocycles. The summed E-state index contributed by atoms with van der Waals surface area (Å²) in [5.41, 5.74) is -0.125. The number of piperidine rings is 1. The molecule has 0 aromatic heterocycles. The minimum absolute atomic E-state index is 0.113. The van der Waals surface area contributed by atoms with E-state index in [1.54, 1.807) is 4.90 Å². The van der Waals surface area contributed by atoms with Gasteiger partial charge in [0.2, 0.25) is 5.91 Å². The number of ether oxygens (including phenoxy) is 1. The number of morpholine rings is 1. The quantitative estimate of drug-likeness (QED) is 0.762. The Kier molecular flexibility index (Phi) is 5.59. The van der Waals surface area contributed by atoms with E-state index in [0.29, 0.717) is 39.1 Å². The van der Waals surface area contributed by atoms with E-state index < -0.39 is 17.5 Å². The molecule has 0 N–H and O–H groups in total. The van der Waals surface area contributed by atoms with E-state index in [0.717, 1.165) is 38.4 Å². The number of halogens is 2. The number of carbonyl (C=O) groups is 2. The van der Waals surface area contributed by atoms with E-state index in [1.165, 1.54) is 6.07 Å². The molecule has 152 valence electrons. The van der Waals surface area contributed by atoms with E-state index in [4.69, 9.17) is 4.74 Å². The van der Waals surface area contributed by atoms with Gasteiger partial charge in [0.15, 0.2) is 0 Å². The molecular formula is C20H25F2N3O3. The second-order valence-corrected chi connectivity index (χ2v) is 7.74. The highest BCUT2D eigenvalue weighted by molar-refractivity contribution is 5.94. The average Bonchev–Trinajstić information content (AvgIpc) is 2.72. The lowest BCUT2D eigenvalue weighted by molar-refractivity contribution is -0.142. The fourth-order valence-corrected chi connectivity index (χ4v) is 4.37. The van der Waals surface area contributed by atoms with Crippen LogP contribution < -0.4 is 0 Å². The van der Waals surface area contributed by atoms with Crippen molar-refractivity contribution >= 4 is 11.8 Å². The zero-order chi connectivity index (χ0) is 19.7. The van der Waals surface area contributed by atoms with Crippen molar-refractivity contribution in [1.29, 1.82) is 0 Å². The highest BCUT2D eigenvalue weighted by Crippen LogP contribution is 2.24. The summed E-state index contributed by atoms with van der Waals surface area (Å²) in [6.07, 6.45) is 1.13. The van der Waals surface area contributed by atoms with Gasteiger partial charge in [0.05, 0.1) is 24.8 Å². The smallest absolute Gasteiger partial charge is 0.256 e. The Bertz CT molecular complexity index is 752. The molecule has 0 spiro atoms. The lowest BCUT2D eigenvalue weighted by atomic mass is 9.94. The maximum absolute atomic E-state index is 13.9. The summed E-state index contributed by atoms with van der Waals surface area (Å²) >= 11 is 0. The third-order valence-electron chi connectivity index (χ3n) is 6.04. The highest BCUT2D eigenvalue weighted by atomic mass is 19.1. The van der Waals surface area contributed by atoms with Crippen molar-refractivity contribution in [3.05, 3.63) is 35.4 Å². The normalized spacial score (nSPS) is 24.1. The van der Waals surface area contributed by atoms with E-state index in [9.17, 15) is 18.4 Å². The first-order valence-corrected chi connectivity index (χ1v) is 9.88. The molecule has 6 nitrogen and oxygen atoms in total.